The van der Waals surface area contributed by atoms with E-state index in [0.717, 1.165) is 101 Å². The van der Waals surface area contributed by atoms with Crippen LogP contribution in [-0.2, 0) is 28.6 Å². The molecule has 4 aliphatic heterocycles. The number of anilines is 3. The number of carbonyl (C=O) groups is 3. The largest absolute Gasteiger partial charge is 0.393 e. The maximum atomic E-state index is 12.5. The highest BCUT2D eigenvalue weighted by molar-refractivity contribution is 7.97. The van der Waals surface area contributed by atoms with Crippen molar-refractivity contribution < 1.29 is 19.5 Å². The highest BCUT2D eigenvalue weighted by Gasteiger charge is 2.57. The molecule has 59 heavy (non-hydrogen) atoms. The third kappa shape index (κ3) is 8.44. The Morgan fingerprint density at radius 1 is 0.932 bits per heavy atom. The standard InChI is InChI=1S/C38H44N10O3S.C6H12O/c1-23-26(4-3-5-31(23)52-47-17-10-27(11-18-47)40-36-39-21-29-33(43-36)42-35(50)38(29)13-14-38)22-46-15-8-24(9-16-46)25-6-7-28-30(20-25)45(2)44-34(28)48-19-12-32(49)41-37(48)51;7-6-4-2-1-3-5-6/h3-7,20-21,24,27H,8-19,22H2,1-2H3,(H,41,49,51)(H2,39,40,42,43,50);6-7H,1-5H2. The molecule has 0 bridgehead atoms. The zero-order valence-corrected chi connectivity index (χ0v) is 35.0. The zero-order valence-electron chi connectivity index (χ0n) is 34.2. The Bertz CT molecular complexity index is 2220. The van der Waals surface area contributed by atoms with Crippen LogP contribution in [0.3, 0.4) is 0 Å². The van der Waals surface area contributed by atoms with Gasteiger partial charge >= 0.3 is 6.03 Å². The Balaban J connectivity index is 0.000000583. The molecular weight excluding hydrogens is 765 g/mol. The molecule has 4 amide bonds. The minimum absolute atomic E-state index is 0.0359. The van der Waals surface area contributed by atoms with Crippen LogP contribution in [0.25, 0.3) is 10.9 Å². The number of fused-ring (bicyclic) bond motifs is 3. The molecular formula is C44H56N10O4S. The quantitative estimate of drug-likeness (QED) is 0.146. The number of aryl methyl sites for hydroxylation is 1. The topological polar surface area (TPSA) is 161 Å². The number of imide groups is 1. The molecule has 6 heterocycles. The number of nitrogens with one attached hydrogen (secondary N) is 3. The maximum Gasteiger partial charge on any atom is 0.329 e. The normalized spacial score (nSPS) is 21.6. The minimum atomic E-state index is -0.410. The second kappa shape index (κ2) is 16.8. The van der Waals surface area contributed by atoms with Gasteiger partial charge in [-0.25, -0.2) is 14.1 Å². The summed E-state index contributed by atoms with van der Waals surface area (Å²) in [4.78, 5) is 51.2. The van der Waals surface area contributed by atoms with Gasteiger partial charge in [0.2, 0.25) is 17.8 Å². The summed E-state index contributed by atoms with van der Waals surface area (Å²) in [5.74, 6) is 2.18. The lowest BCUT2D eigenvalue weighted by molar-refractivity contribution is -0.120. The van der Waals surface area contributed by atoms with Crippen molar-refractivity contribution in [2.75, 3.05) is 48.3 Å². The average Bonchev–Trinajstić information content (AvgIpc) is 3.92. The van der Waals surface area contributed by atoms with Gasteiger partial charge < -0.3 is 15.7 Å². The first kappa shape index (κ1) is 39.9. The van der Waals surface area contributed by atoms with Crippen molar-refractivity contribution >= 4 is 58.3 Å². The SMILES string of the molecule is Cc1c(CN2CCC(c3ccc4c(N5CCC(=O)NC5=O)nn(C)c4c3)CC2)cccc1SN1CCC(Nc2ncc3c(n2)NC(=O)C32CC2)CC1.OC1CCCCC1. The highest BCUT2D eigenvalue weighted by Crippen LogP contribution is 2.54. The summed E-state index contributed by atoms with van der Waals surface area (Å²) in [6.07, 6.45) is 14.0. The fourth-order valence-corrected chi connectivity index (χ4v) is 10.5. The summed E-state index contributed by atoms with van der Waals surface area (Å²) in [5, 5.41) is 23.4. The molecule has 2 aliphatic carbocycles. The van der Waals surface area contributed by atoms with Crippen LogP contribution in [0.2, 0.25) is 0 Å². The molecule has 6 aliphatic rings. The van der Waals surface area contributed by atoms with Gasteiger partial charge in [-0.05, 0) is 124 Å². The van der Waals surface area contributed by atoms with Crippen molar-refractivity contribution in [1.82, 2.24) is 34.3 Å². The number of aliphatic hydroxyl groups is 1. The minimum Gasteiger partial charge on any atom is -0.393 e. The number of piperidine rings is 2. The number of benzene rings is 2. The number of likely N-dealkylation sites (tertiary alicyclic amines) is 1. The van der Waals surface area contributed by atoms with Crippen LogP contribution in [0.5, 0.6) is 0 Å². The van der Waals surface area contributed by atoms with E-state index >= 15 is 0 Å². The van der Waals surface area contributed by atoms with E-state index in [9.17, 15) is 14.4 Å². The van der Waals surface area contributed by atoms with Crippen LogP contribution in [0.1, 0.15) is 105 Å². The van der Waals surface area contributed by atoms with Crippen molar-refractivity contribution in [1.29, 1.82) is 0 Å². The van der Waals surface area contributed by atoms with Gasteiger partial charge in [0.25, 0.3) is 0 Å². The van der Waals surface area contributed by atoms with E-state index in [1.807, 2.05) is 29.9 Å². The van der Waals surface area contributed by atoms with Gasteiger partial charge in [0.1, 0.15) is 5.82 Å². The van der Waals surface area contributed by atoms with E-state index in [1.165, 1.54) is 40.8 Å². The van der Waals surface area contributed by atoms with Gasteiger partial charge in [-0.15, -0.1) is 0 Å². The van der Waals surface area contributed by atoms with Crippen LogP contribution in [0.15, 0.2) is 47.5 Å². The van der Waals surface area contributed by atoms with Crippen molar-refractivity contribution in [3.63, 3.8) is 0 Å². The zero-order chi connectivity index (χ0) is 40.7. The van der Waals surface area contributed by atoms with Gasteiger partial charge in [0.15, 0.2) is 5.82 Å². The Labute approximate surface area is 350 Å². The monoisotopic (exact) mass is 820 g/mol. The molecule has 4 N–H and O–H groups in total. The summed E-state index contributed by atoms with van der Waals surface area (Å²) >= 11 is 1.87. The van der Waals surface area contributed by atoms with Gasteiger partial charge in [-0.1, -0.05) is 37.5 Å². The number of nitrogens with zero attached hydrogens (tertiary/aromatic N) is 7. The number of aliphatic hydroxyl groups excluding tert-OH is 1. The number of carbonyl (C=O) groups excluding carboxylic acids is 3. The van der Waals surface area contributed by atoms with Crippen molar-refractivity contribution in [2.45, 2.75) is 119 Å². The van der Waals surface area contributed by atoms with Gasteiger partial charge in [0.05, 0.1) is 17.0 Å². The molecule has 3 saturated heterocycles. The number of aromatic nitrogens is 4. The third-order valence-electron chi connectivity index (χ3n) is 13.3. The van der Waals surface area contributed by atoms with E-state index in [2.05, 4.69) is 83.5 Å². The molecule has 14 nitrogen and oxygen atoms in total. The van der Waals surface area contributed by atoms with Gasteiger partial charge in [-0.2, -0.15) is 10.1 Å². The highest BCUT2D eigenvalue weighted by atomic mass is 32.2. The molecule has 5 fully saturated rings. The molecule has 2 saturated carbocycles. The van der Waals surface area contributed by atoms with Crippen molar-refractivity contribution in [3.8, 4) is 0 Å². The summed E-state index contributed by atoms with van der Waals surface area (Å²) in [6, 6.07) is 13.1. The number of urea groups is 1. The molecule has 2 aromatic heterocycles. The first-order valence-electron chi connectivity index (χ1n) is 21.6. The number of amides is 4. The van der Waals surface area contributed by atoms with Crippen LogP contribution in [0, 0.1) is 6.92 Å². The smallest absolute Gasteiger partial charge is 0.329 e. The Morgan fingerprint density at radius 3 is 2.42 bits per heavy atom. The summed E-state index contributed by atoms with van der Waals surface area (Å²) < 4.78 is 4.32. The maximum absolute atomic E-state index is 12.5. The van der Waals surface area contributed by atoms with Crippen molar-refractivity contribution in [2.24, 2.45) is 7.05 Å². The van der Waals surface area contributed by atoms with E-state index in [-0.39, 0.29) is 29.8 Å². The summed E-state index contributed by atoms with van der Waals surface area (Å²) in [5.41, 5.74) is 5.67. The third-order valence-corrected chi connectivity index (χ3v) is 14.6. The molecule has 312 valence electrons. The molecule has 0 atom stereocenters. The summed E-state index contributed by atoms with van der Waals surface area (Å²) in [7, 11) is 1.91. The number of rotatable bonds is 8. The van der Waals surface area contributed by atoms with Crippen LogP contribution in [0.4, 0.5) is 22.4 Å². The molecule has 15 heteroatoms. The van der Waals surface area contributed by atoms with Crippen LogP contribution >= 0.6 is 11.9 Å². The first-order valence-corrected chi connectivity index (χ1v) is 22.4. The van der Waals surface area contributed by atoms with Crippen molar-refractivity contribution in [3.05, 3.63) is 64.8 Å². The molecule has 4 aromatic rings. The van der Waals surface area contributed by atoms with E-state index in [0.29, 0.717) is 36.1 Å². The van der Waals surface area contributed by atoms with Gasteiger partial charge in [-0.3, -0.25) is 29.4 Å². The Hall–Kier alpha value is -4.57. The number of hydrogen-bond donors (Lipinski definition) is 4. The lowest BCUT2D eigenvalue weighted by Crippen LogP contribution is -2.49. The summed E-state index contributed by atoms with van der Waals surface area (Å²) in [6.45, 7) is 7.59. The second-order valence-corrected chi connectivity index (χ2v) is 18.4. The van der Waals surface area contributed by atoms with Crippen LogP contribution < -0.4 is 20.9 Å². The second-order valence-electron chi connectivity index (χ2n) is 17.3. The molecule has 0 unspecified atom stereocenters. The fourth-order valence-electron chi connectivity index (χ4n) is 9.43. The fraction of sp³-hybridized carbons (Fsp3) is 0.545. The lowest BCUT2D eigenvalue weighted by atomic mass is 9.88. The average molecular weight is 821 g/mol. The predicted octanol–water partition coefficient (Wildman–Crippen LogP) is 6.38. The van der Waals surface area contributed by atoms with E-state index < -0.39 is 6.03 Å². The molecule has 1 spiro atoms. The Kier molecular flexibility index (Phi) is 11.4. The number of hydrogen-bond acceptors (Lipinski definition) is 11. The molecule has 2 aromatic carbocycles. The van der Waals surface area contributed by atoms with E-state index in [4.69, 9.17) is 5.11 Å². The van der Waals surface area contributed by atoms with Crippen LogP contribution in [-0.4, -0.2) is 96.8 Å². The predicted molar refractivity (Wildman–Crippen MR) is 229 cm³/mol. The first-order chi connectivity index (χ1) is 28.6. The van der Waals surface area contributed by atoms with Gasteiger partial charge in [0, 0.05) is 67.7 Å². The lowest BCUT2D eigenvalue weighted by Gasteiger charge is -2.33. The molecule has 0 radical (unpaired) electrons. The Morgan fingerprint density at radius 2 is 1.71 bits per heavy atom. The van der Waals surface area contributed by atoms with E-state index in [1.54, 1.807) is 4.90 Å². The molecule has 10 rings (SSSR count).